The highest BCUT2D eigenvalue weighted by atomic mass is 35.5. The average molecular weight is 348 g/mol. The molecule has 0 aliphatic carbocycles. The lowest BCUT2D eigenvalue weighted by Crippen LogP contribution is -2.07. The summed E-state index contributed by atoms with van der Waals surface area (Å²) in [5, 5.41) is 11.3. The number of amides is 1. The topological polar surface area (TPSA) is 54.9 Å². The fraction of sp³-hybridized carbons (Fsp3) is 0. The molecule has 0 spiro atoms. The Morgan fingerprint density at radius 3 is 2.86 bits per heavy atom. The van der Waals surface area contributed by atoms with Crippen LogP contribution in [0.3, 0.4) is 0 Å². The Morgan fingerprint density at radius 1 is 1.23 bits per heavy atom. The highest BCUT2D eigenvalue weighted by Crippen LogP contribution is 2.33. The summed E-state index contributed by atoms with van der Waals surface area (Å²) in [4.78, 5) is 13.8. The first kappa shape index (κ1) is 14.9. The standard InChI is InChI=1S/C15H10ClN3OS2/c16-12-4-2-1-3-11(12)13-7-5-10(22-13)6-8-14(20)18-15-19-17-9-21-15/h1-9H,(H,18,19,20)/b8-6+. The fourth-order valence-corrected chi connectivity index (χ4v) is 3.47. The molecule has 110 valence electrons. The summed E-state index contributed by atoms with van der Waals surface area (Å²) in [6.45, 7) is 0. The van der Waals surface area contributed by atoms with E-state index in [9.17, 15) is 4.79 Å². The van der Waals surface area contributed by atoms with Crippen LogP contribution < -0.4 is 5.32 Å². The molecular weight excluding hydrogens is 338 g/mol. The van der Waals surface area contributed by atoms with E-state index < -0.39 is 0 Å². The number of aromatic nitrogens is 2. The number of benzene rings is 1. The van der Waals surface area contributed by atoms with E-state index in [0.29, 0.717) is 10.2 Å². The van der Waals surface area contributed by atoms with Gasteiger partial charge in [-0.1, -0.05) is 41.1 Å². The molecule has 22 heavy (non-hydrogen) atoms. The van der Waals surface area contributed by atoms with Crippen LogP contribution >= 0.6 is 34.3 Å². The zero-order valence-corrected chi connectivity index (χ0v) is 13.6. The molecule has 0 unspecified atom stereocenters. The van der Waals surface area contributed by atoms with Gasteiger partial charge in [0.1, 0.15) is 5.51 Å². The van der Waals surface area contributed by atoms with E-state index in [0.717, 1.165) is 15.3 Å². The van der Waals surface area contributed by atoms with E-state index in [4.69, 9.17) is 11.6 Å². The van der Waals surface area contributed by atoms with Crippen LogP contribution in [0.1, 0.15) is 4.88 Å². The second kappa shape index (κ2) is 6.83. The minimum Gasteiger partial charge on any atom is -0.297 e. The first-order chi connectivity index (χ1) is 10.7. The number of carbonyl (C=O) groups is 1. The van der Waals surface area contributed by atoms with Gasteiger partial charge in [0.25, 0.3) is 0 Å². The van der Waals surface area contributed by atoms with E-state index in [1.807, 2.05) is 36.4 Å². The minimum atomic E-state index is -0.232. The van der Waals surface area contributed by atoms with Gasteiger partial charge in [0.05, 0.1) is 0 Å². The zero-order chi connectivity index (χ0) is 15.4. The van der Waals surface area contributed by atoms with E-state index in [-0.39, 0.29) is 5.91 Å². The Bertz CT molecular complexity index is 812. The Balaban J connectivity index is 1.70. The largest absolute Gasteiger partial charge is 0.297 e. The molecule has 0 aliphatic rings. The van der Waals surface area contributed by atoms with Crippen molar-refractivity contribution in [2.75, 3.05) is 5.32 Å². The lowest BCUT2D eigenvalue weighted by molar-refractivity contribution is -0.111. The van der Waals surface area contributed by atoms with Crippen molar-refractivity contribution >= 4 is 51.4 Å². The van der Waals surface area contributed by atoms with Crippen LogP contribution in [0.15, 0.2) is 48.0 Å². The molecule has 0 saturated carbocycles. The van der Waals surface area contributed by atoms with Gasteiger partial charge in [0.2, 0.25) is 11.0 Å². The van der Waals surface area contributed by atoms with Crippen molar-refractivity contribution in [1.29, 1.82) is 0 Å². The minimum absolute atomic E-state index is 0.232. The maximum Gasteiger partial charge on any atom is 0.250 e. The van der Waals surface area contributed by atoms with E-state index >= 15 is 0 Å². The van der Waals surface area contributed by atoms with Crippen LogP contribution in [-0.4, -0.2) is 16.1 Å². The normalized spacial score (nSPS) is 11.0. The third kappa shape index (κ3) is 3.59. The molecule has 0 bridgehead atoms. The molecule has 4 nitrogen and oxygen atoms in total. The van der Waals surface area contributed by atoms with Crippen LogP contribution in [0.25, 0.3) is 16.5 Å². The number of anilines is 1. The molecule has 2 heterocycles. The summed E-state index contributed by atoms with van der Waals surface area (Å²) in [5.74, 6) is -0.232. The average Bonchev–Trinajstić information content (AvgIpc) is 3.17. The summed E-state index contributed by atoms with van der Waals surface area (Å²) >= 11 is 9.04. The second-order valence-electron chi connectivity index (χ2n) is 4.25. The molecule has 0 aliphatic heterocycles. The lowest BCUT2D eigenvalue weighted by Gasteiger charge is -1.99. The molecule has 2 aromatic heterocycles. The Morgan fingerprint density at radius 2 is 2.09 bits per heavy atom. The van der Waals surface area contributed by atoms with Crippen molar-refractivity contribution < 1.29 is 4.79 Å². The molecular formula is C15H10ClN3OS2. The number of nitrogens with zero attached hydrogens (tertiary/aromatic N) is 2. The number of nitrogens with one attached hydrogen (secondary N) is 1. The second-order valence-corrected chi connectivity index (χ2v) is 6.60. The Hall–Kier alpha value is -2.02. The fourth-order valence-electron chi connectivity index (χ4n) is 1.78. The van der Waals surface area contributed by atoms with Crippen molar-refractivity contribution in [3.63, 3.8) is 0 Å². The molecule has 1 N–H and O–H groups in total. The number of hydrogen-bond donors (Lipinski definition) is 1. The SMILES string of the molecule is O=C(/C=C/c1ccc(-c2ccccc2Cl)s1)Nc1nncs1. The number of carbonyl (C=O) groups excluding carboxylic acids is 1. The van der Waals surface area contributed by atoms with Gasteiger partial charge in [0.15, 0.2) is 0 Å². The Labute approximate surface area is 140 Å². The van der Waals surface area contributed by atoms with Crippen molar-refractivity contribution in [3.8, 4) is 10.4 Å². The third-order valence-electron chi connectivity index (χ3n) is 2.76. The van der Waals surface area contributed by atoms with Crippen molar-refractivity contribution in [2.24, 2.45) is 0 Å². The van der Waals surface area contributed by atoms with Crippen LogP contribution in [0.5, 0.6) is 0 Å². The van der Waals surface area contributed by atoms with Crippen LogP contribution in [0.4, 0.5) is 5.13 Å². The molecule has 0 fully saturated rings. The molecule has 1 aromatic carbocycles. The molecule has 0 saturated heterocycles. The maximum atomic E-state index is 11.7. The molecule has 3 aromatic rings. The van der Waals surface area contributed by atoms with Crippen LogP contribution in [-0.2, 0) is 4.79 Å². The summed E-state index contributed by atoms with van der Waals surface area (Å²) in [6, 6.07) is 11.6. The molecule has 3 rings (SSSR count). The first-order valence-electron chi connectivity index (χ1n) is 6.32. The van der Waals surface area contributed by atoms with Gasteiger partial charge in [-0.15, -0.1) is 21.5 Å². The predicted molar refractivity (Wildman–Crippen MR) is 92.3 cm³/mol. The molecule has 0 atom stereocenters. The Kier molecular flexibility index (Phi) is 4.62. The van der Waals surface area contributed by atoms with E-state index in [2.05, 4.69) is 15.5 Å². The van der Waals surface area contributed by atoms with Gasteiger partial charge < -0.3 is 0 Å². The smallest absolute Gasteiger partial charge is 0.250 e. The van der Waals surface area contributed by atoms with Gasteiger partial charge in [-0.05, 0) is 24.3 Å². The highest BCUT2D eigenvalue weighted by molar-refractivity contribution is 7.16. The maximum absolute atomic E-state index is 11.7. The number of halogens is 1. The molecule has 7 heteroatoms. The van der Waals surface area contributed by atoms with Gasteiger partial charge in [-0.25, -0.2) is 0 Å². The zero-order valence-electron chi connectivity index (χ0n) is 11.2. The number of hydrogen-bond acceptors (Lipinski definition) is 5. The summed E-state index contributed by atoms with van der Waals surface area (Å²) < 4.78 is 0. The molecule has 1 amide bonds. The van der Waals surface area contributed by atoms with Crippen LogP contribution in [0, 0.1) is 0 Å². The summed E-state index contributed by atoms with van der Waals surface area (Å²) in [7, 11) is 0. The van der Waals surface area contributed by atoms with Crippen LogP contribution in [0.2, 0.25) is 5.02 Å². The lowest BCUT2D eigenvalue weighted by atomic mass is 10.2. The first-order valence-corrected chi connectivity index (χ1v) is 8.40. The number of rotatable bonds is 4. The predicted octanol–water partition coefficient (Wildman–Crippen LogP) is 4.57. The van der Waals surface area contributed by atoms with Crippen molar-refractivity contribution in [1.82, 2.24) is 10.2 Å². The van der Waals surface area contributed by atoms with Gasteiger partial charge in [-0.3, -0.25) is 10.1 Å². The van der Waals surface area contributed by atoms with Crippen molar-refractivity contribution in [2.45, 2.75) is 0 Å². The third-order valence-corrected chi connectivity index (χ3v) is 4.78. The van der Waals surface area contributed by atoms with E-state index in [1.165, 1.54) is 17.4 Å². The summed E-state index contributed by atoms with van der Waals surface area (Å²) in [6.07, 6.45) is 3.24. The van der Waals surface area contributed by atoms with Gasteiger partial charge >= 0.3 is 0 Å². The summed E-state index contributed by atoms with van der Waals surface area (Å²) in [5.41, 5.74) is 2.56. The van der Waals surface area contributed by atoms with E-state index in [1.54, 1.807) is 22.9 Å². The quantitative estimate of drug-likeness (QED) is 0.703. The number of thiophene rings is 1. The highest BCUT2D eigenvalue weighted by Gasteiger charge is 2.05. The monoisotopic (exact) mass is 347 g/mol. The van der Waals surface area contributed by atoms with Crippen molar-refractivity contribution in [3.05, 3.63) is 57.9 Å². The molecule has 0 radical (unpaired) electrons. The van der Waals surface area contributed by atoms with Gasteiger partial charge in [0, 0.05) is 26.4 Å². The van der Waals surface area contributed by atoms with Gasteiger partial charge in [-0.2, -0.15) is 0 Å².